The van der Waals surface area contributed by atoms with Crippen molar-refractivity contribution in [2.45, 2.75) is 38.4 Å². The number of carbonyl (C=O) groups excluding carboxylic acids is 1. The molecule has 4 atom stereocenters. The second-order valence-corrected chi connectivity index (χ2v) is 6.93. The van der Waals surface area contributed by atoms with E-state index in [-0.39, 0.29) is 42.2 Å². The van der Waals surface area contributed by atoms with Crippen LogP contribution < -0.4 is 21.5 Å². The van der Waals surface area contributed by atoms with E-state index in [4.69, 9.17) is 0 Å². The molecule has 3 rings (SSSR count). The molecule has 140 valence electrons. The van der Waals surface area contributed by atoms with Crippen molar-refractivity contribution in [3.63, 3.8) is 0 Å². The van der Waals surface area contributed by atoms with Gasteiger partial charge < -0.3 is 10.6 Å². The molecule has 2 fully saturated rings. The van der Waals surface area contributed by atoms with E-state index in [0.717, 1.165) is 25.6 Å². The van der Waals surface area contributed by atoms with Crippen molar-refractivity contribution in [2.24, 2.45) is 11.8 Å². The Morgan fingerprint density at radius 1 is 1.28 bits per heavy atom. The van der Waals surface area contributed by atoms with E-state index in [1.54, 1.807) is 0 Å². The maximum absolute atomic E-state index is 14.1. The fourth-order valence-electron chi connectivity index (χ4n) is 3.58. The maximum Gasteiger partial charge on any atom is 0.239 e. The monoisotopic (exact) mass is 374 g/mol. The quantitative estimate of drug-likeness (QED) is 0.647. The minimum Gasteiger partial charge on any atom is -0.348 e. The lowest BCUT2D eigenvalue weighted by molar-refractivity contribution is -0.125. The molecule has 1 aromatic rings. The molecule has 2 aliphatic heterocycles. The number of piperidine rings is 1. The Balaban J connectivity index is 0.00000225. The van der Waals surface area contributed by atoms with Gasteiger partial charge in [0.05, 0.1) is 6.04 Å². The van der Waals surface area contributed by atoms with Crippen molar-refractivity contribution in [2.75, 3.05) is 13.1 Å². The van der Waals surface area contributed by atoms with Crippen molar-refractivity contribution >= 4 is 18.3 Å². The predicted molar refractivity (Wildman–Crippen MR) is 94.2 cm³/mol. The molecule has 0 aliphatic carbocycles. The molecule has 0 bridgehead atoms. The van der Waals surface area contributed by atoms with Crippen LogP contribution in [0.15, 0.2) is 18.2 Å². The summed E-state index contributed by atoms with van der Waals surface area (Å²) in [4.78, 5) is 12.7. The lowest BCUT2D eigenvalue weighted by Crippen LogP contribution is -2.50. The van der Waals surface area contributed by atoms with Crippen molar-refractivity contribution in [1.29, 1.82) is 0 Å². The highest BCUT2D eigenvalue weighted by Crippen LogP contribution is 2.26. The molecule has 2 heterocycles. The molecule has 1 amide bonds. The normalized spacial score (nSPS) is 26.7. The molecule has 0 radical (unpaired) electrons. The number of rotatable bonds is 4. The molecular weight excluding hydrogens is 350 g/mol. The van der Waals surface area contributed by atoms with E-state index in [2.05, 4.69) is 21.5 Å². The number of halogens is 3. The zero-order chi connectivity index (χ0) is 17.3. The summed E-state index contributed by atoms with van der Waals surface area (Å²) in [5.41, 5.74) is 6.55. The van der Waals surface area contributed by atoms with Gasteiger partial charge >= 0.3 is 0 Å². The van der Waals surface area contributed by atoms with E-state index < -0.39 is 17.7 Å². The van der Waals surface area contributed by atoms with Crippen LogP contribution in [0, 0.1) is 23.5 Å². The first-order chi connectivity index (χ1) is 11.5. The molecule has 5 nitrogen and oxygen atoms in total. The van der Waals surface area contributed by atoms with Crippen LogP contribution in [0.3, 0.4) is 0 Å². The van der Waals surface area contributed by atoms with E-state index in [1.807, 2.05) is 13.8 Å². The second-order valence-electron chi connectivity index (χ2n) is 6.93. The average Bonchev–Trinajstić information content (AvgIpc) is 2.97. The SMILES string of the molecule is CC(C)C(NC(=O)C1NNC2CCNCC21)c1ccc(F)cc1F.Cl. The molecule has 4 N–H and O–H groups in total. The Labute approximate surface area is 152 Å². The van der Waals surface area contributed by atoms with Crippen molar-refractivity contribution in [3.05, 3.63) is 35.4 Å². The van der Waals surface area contributed by atoms with Gasteiger partial charge in [0.15, 0.2) is 0 Å². The third-order valence-corrected chi connectivity index (χ3v) is 4.93. The summed E-state index contributed by atoms with van der Waals surface area (Å²) in [6.45, 7) is 5.50. The first-order valence-electron chi connectivity index (χ1n) is 8.44. The first-order valence-corrected chi connectivity index (χ1v) is 8.44. The molecule has 0 aromatic heterocycles. The van der Waals surface area contributed by atoms with Crippen LogP contribution in [0.4, 0.5) is 8.78 Å². The standard InChI is InChI=1S/C17H24F2N4O.ClH/c1-9(2)15(11-4-3-10(18)7-13(11)19)21-17(24)16-12-8-20-6-5-14(12)22-23-16;/h3-4,7,9,12,14-16,20,22-23H,5-6,8H2,1-2H3,(H,21,24);1H. The van der Waals surface area contributed by atoms with Gasteiger partial charge in [-0.3, -0.25) is 10.2 Å². The average molecular weight is 375 g/mol. The lowest BCUT2D eigenvalue weighted by atomic mass is 9.88. The van der Waals surface area contributed by atoms with Crippen molar-refractivity contribution in [1.82, 2.24) is 21.5 Å². The summed E-state index contributed by atoms with van der Waals surface area (Å²) in [6, 6.07) is 2.87. The lowest BCUT2D eigenvalue weighted by Gasteiger charge is -2.29. The summed E-state index contributed by atoms with van der Waals surface area (Å²) in [5, 5.41) is 6.24. The highest BCUT2D eigenvalue weighted by molar-refractivity contribution is 5.85. The van der Waals surface area contributed by atoms with Crippen LogP contribution in [0.5, 0.6) is 0 Å². The summed E-state index contributed by atoms with van der Waals surface area (Å²) in [6.07, 6.45) is 0.960. The van der Waals surface area contributed by atoms with E-state index in [9.17, 15) is 13.6 Å². The molecule has 4 unspecified atom stereocenters. The van der Waals surface area contributed by atoms with Gasteiger partial charge in [-0.1, -0.05) is 19.9 Å². The molecular formula is C17H25ClF2N4O. The fraction of sp³-hybridized carbons (Fsp3) is 0.588. The fourth-order valence-corrected chi connectivity index (χ4v) is 3.58. The van der Waals surface area contributed by atoms with Crippen LogP contribution in [0.1, 0.15) is 31.9 Å². The van der Waals surface area contributed by atoms with Crippen LogP contribution in [-0.4, -0.2) is 31.1 Å². The Morgan fingerprint density at radius 3 is 2.72 bits per heavy atom. The van der Waals surface area contributed by atoms with Gasteiger partial charge in [0.25, 0.3) is 0 Å². The number of hydrogen-bond acceptors (Lipinski definition) is 4. The number of hydrazine groups is 1. The zero-order valence-corrected chi connectivity index (χ0v) is 15.1. The molecule has 1 aromatic carbocycles. The Bertz CT molecular complexity index is 616. The van der Waals surface area contributed by atoms with Crippen LogP contribution in [-0.2, 0) is 4.79 Å². The predicted octanol–water partition coefficient (Wildman–Crippen LogP) is 1.65. The highest BCUT2D eigenvalue weighted by atomic mass is 35.5. The number of amides is 1. The number of benzene rings is 1. The Morgan fingerprint density at radius 2 is 2.04 bits per heavy atom. The third-order valence-electron chi connectivity index (χ3n) is 4.93. The van der Waals surface area contributed by atoms with Gasteiger partial charge in [-0.2, -0.15) is 0 Å². The Kier molecular flexibility index (Phi) is 6.73. The molecule has 8 heteroatoms. The maximum atomic E-state index is 14.1. The van der Waals surface area contributed by atoms with Crippen molar-refractivity contribution < 1.29 is 13.6 Å². The van der Waals surface area contributed by atoms with Gasteiger partial charge in [-0.15, -0.1) is 12.4 Å². The molecule has 0 saturated carbocycles. The van der Waals surface area contributed by atoms with Crippen LogP contribution >= 0.6 is 12.4 Å². The minimum atomic E-state index is -0.635. The smallest absolute Gasteiger partial charge is 0.239 e. The van der Waals surface area contributed by atoms with Gasteiger partial charge in [0.1, 0.15) is 17.7 Å². The topological polar surface area (TPSA) is 65.2 Å². The van der Waals surface area contributed by atoms with Gasteiger partial charge in [0, 0.05) is 30.1 Å². The van der Waals surface area contributed by atoms with Gasteiger partial charge in [-0.25, -0.2) is 14.2 Å². The Hall–Kier alpha value is -1.28. The molecule has 2 aliphatic rings. The number of fused-ring (bicyclic) bond motifs is 1. The van der Waals surface area contributed by atoms with Crippen LogP contribution in [0.25, 0.3) is 0 Å². The summed E-state index contributed by atoms with van der Waals surface area (Å²) in [5.74, 6) is -1.29. The third kappa shape index (κ3) is 4.28. The highest BCUT2D eigenvalue weighted by Gasteiger charge is 2.41. The van der Waals surface area contributed by atoms with E-state index in [0.29, 0.717) is 5.56 Å². The van der Waals surface area contributed by atoms with E-state index in [1.165, 1.54) is 12.1 Å². The molecule has 2 saturated heterocycles. The first kappa shape index (κ1) is 20.0. The molecule has 0 spiro atoms. The second kappa shape index (κ2) is 8.40. The van der Waals surface area contributed by atoms with Crippen molar-refractivity contribution in [3.8, 4) is 0 Å². The summed E-state index contributed by atoms with van der Waals surface area (Å²) < 4.78 is 27.3. The number of hydrogen-bond donors (Lipinski definition) is 4. The largest absolute Gasteiger partial charge is 0.348 e. The van der Waals surface area contributed by atoms with Gasteiger partial charge in [-0.05, 0) is 24.9 Å². The zero-order valence-electron chi connectivity index (χ0n) is 14.3. The minimum absolute atomic E-state index is 0. The number of carbonyl (C=O) groups is 1. The number of nitrogens with one attached hydrogen (secondary N) is 4. The van der Waals surface area contributed by atoms with Crippen LogP contribution in [0.2, 0.25) is 0 Å². The summed E-state index contributed by atoms with van der Waals surface area (Å²) in [7, 11) is 0. The molecule has 25 heavy (non-hydrogen) atoms. The van der Waals surface area contributed by atoms with Gasteiger partial charge in [0.2, 0.25) is 5.91 Å². The van der Waals surface area contributed by atoms with E-state index >= 15 is 0 Å². The summed E-state index contributed by atoms with van der Waals surface area (Å²) >= 11 is 0.